The summed E-state index contributed by atoms with van der Waals surface area (Å²) in [5, 5.41) is 3.22. The molecule has 0 aliphatic rings. The van der Waals surface area contributed by atoms with Gasteiger partial charge in [-0.05, 0) is 17.7 Å². The molecule has 1 aromatic carbocycles. The lowest BCUT2D eigenvalue weighted by Gasteiger charge is -2.13. The minimum atomic E-state index is -3.34. The van der Waals surface area contributed by atoms with Crippen molar-refractivity contribution in [3.05, 3.63) is 34.9 Å². The van der Waals surface area contributed by atoms with Crippen molar-refractivity contribution in [3.8, 4) is 0 Å². The summed E-state index contributed by atoms with van der Waals surface area (Å²) in [7, 11) is -1.98. The molecule has 1 N–H and O–H groups in total. The fourth-order valence-corrected chi connectivity index (χ4v) is 1.79. The summed E-state index contributed by atoms with van der Waals surface area (Å²) < 4.78 is 23.2. The van der Waals surface area contributed by atoms with Crippen LogP contribution in [-0.4, -0.2) is 38.5 Å². The van der Waals surface area contributed by atoms with E-state index < -0.39 is 10.0 Å². The summed E-state index contributed by atoms with van der Waals surface area (Å²) in [5.74, 6) is -0.358. The van der Waals surface area contributed by atoms with Gasteiger partial charge in [-0.25, -0.2) is 8.42 Å². The van der Waals surface area contributed by atoms with Crippen LogP contribution < -0.4 is 5.32 Å². The fraction of sp³-hybridized carbons (Fsp3) is 0.364. The number of nitrogens with zero attached hydrogens (tertiary/aromatic N) is 1. The Labute approximate surface area is 112 Å². The topological polar surface area (TPSA) is 66.5 Å². The molecule has 0 saturated heterocycles. The second-order valence-electron chi connectivity index (χ2n) is 3.93. The minimum absolute atomic E-state index is 0.195. The van der Waals surface area contributed by atoms with Gasteiger partial charge in [0.1, 0.15) is 0 Å². The average Bonchev–Trinajstić information content (AvgIpc) is 2.25. The smallest absolute Gasteiger partial charge is 0.235 e. The third-order valence-corrected chi connectivity index (χ3v) is 3.81. The largest absolute Gasteiger partial charge is 0.351 e. The molecule has 5 nitrogen and oxygen atoms in total. The van der Waals surface area contributed by atoms with Crippen LogP contribution in [0.2, 0.25) is 5.02 Å². The number of sulfonamides is 1. The molecule has 1 aromatic rings. The molecular formula is C11H15ClN2O3S. The maximum absolute atomic E-state index is 11.5. The maximum Gasteiger partial charge on any atom is 0.235 e. The molecule has 0 aromatic heterocycles. The average molecular weight is 291 g/mol. The van der Waals surface area contributed by atoms with Crippen molar-refractivity contribution >= 4 is 27.5 Å². The Morgan fingerprint density at radius 3 is 2.67 bits per heavy atom. The maximum atomic E-state index is 11.5. The Kier molecular flexibility index (Phi) is 5.13. The third-order valence-electron chi connectivity index (χ3n) is 2.31. The molecule has 1 rings (SSSR count). The molecule has 18 heavy (non-hydrogen) atoms. The van der Waals surface area contributed by atoms with E-state index in [4.69, 9.17) is 11.6 Å². The van der Waals surface area contributed by atoms with Gasteiger partial charge >= 0.3 is 0 Å². The molecule has 0 aliphatic carbocycles. The van der Waals surface area contributed by atoms with E-state index in [0.717, 1.165) is 16.1 Å². The van der Waals surface area contributed by atoms with Crippen molar-refractivity contribution in [2.75, 3.05) is 19.8 Å². The molecule has 100 valence electrons. The van der Waals surface area contributed by atoms with Gasteiger partial charge in [0.2, 0.25) is 15.9 Å². The Morgan fingerprint density at radius 2 is 2.11 bits per heavy atom. The van der Waals surface area contributed by atoms with Crippen LogP contribution in [0.3, 0.4) is 0 Å². The molecule has 0 atom stereocenters. The molecular weight excluding hydrogens is 276 g/mol. The number of benzene rings is 1. The van der Waals surface area contributed by atoms with Gasteiger partial charge in [-0.15, -0.1) is 0 Å². The van der Waals surface area contributed by atoms with Gasteiger partial charge in [0.05, 0.1) is 12.8 Å². The zero-order valence-electron chi connectivity index (χ0n) is 10.2. The SMILES string of the molecule is CN(CC(=O)NCc1cccc(Cl)c1)S(C)(=O)=O. The molecule has 0 unspecified atom stereocenters. The van der Waals surface area contributed by atoms with Crippen LogP contribution >= 0.6 is 11.6 Å². The number of carbonyl (C=O) groups is 1. The molecule has 0 heterocycles. The first kappa shape index (κ1) is 14.9. The number of hydrogen-bond donors (Lipinski definition) is 1. The van der Waals surface area contributed by atoms with Gasteiger partial charge in [0, 0.05) is 18.6 Å². The van der Waals surface area contributed by atoms with Crippen molar-refractivity contribution in [1.82, 2.24) is 9.62 Å². The third kappa shape index (κ3) is 5.03. The van der Waals surface area contributed by atoms with E-state index in [9.17, 15) is 13.2 Å². The predicted molar refractivity (Wildman–Crippen MR) is 70.8 cm³/mol. The molecule has 0 radical (unpaired) electrons. The summed E-state index contributed by atoms with van der Waals surface area (Å²) in [5.41, 5.74) is 0.859. The van der Waals surface area contributed by atoms with Crippen molar-refractivity contribution in [2.24, 2.45) is 0 Å². The van der Waals surface area contributed by atoms with Crippen molar-refractivity contribution in [3.63, 3.8) is 0 Å². The zero-order chi connectivity index (χ0) is 13.8. The monoisotopic (exact) mass is 290 g/mol. The molecule has 0 bridgehead atoms. The zero-order valence-corrected chi connectivity index (χ0v) is 11.8. The quantitative estimate of drug-likeness (QED) is 0.874. The van der Waals surface area contributed by atoms with Crippen molar-refractivity contribution in [2.45, 2.75) is 6.54 Å². The van der Waals surface area contributed by atoms with Crippen LogP contribution in [0.5, 0.6) is 0 Å². The number of likely N-dealkylation sites (N-methyl/N-ethyl adjacent to an activating group) is 1. The van der Waals surface area contributed by atoms with E-state index in [0.29, 0.717) is 11.6 Å². The Balaban J connectivity index is 2.47. The highest BCUT2D eigenvalue weighted by atomic mass is 35.5. The lowest BCUT2D eigenvalue weighted by atomic mass is 10.2. The second-order valence-corrected chi connectivity index (χ2v) is 6.45. The van der Waals surface area contributed by atoms with Gasteiger partial charge in [-0.3, -0.25) is 4.79 Å². The van der Waals surface area contributed by atoms with Crippen LogP contribution in [0.1, 0.15) is 5.56 Å². The summed E-state index contributed by atoms with van der Waals surface area (Å²) >= 11 is 5.80. The first-order chi connectivity index (χ1) is 8.29. The van der Waals surface area contributed by atoms with Crippen LogP contribution in [0.25, 0.3) is 0 Å². The van der Waals surface area contributed by atoms with Crippen molar-refractivity contribution in [1.29, 1.82) is 0 Å². The van der Waals surface area contributed by atoms with Gasteiger partial charge < -0.3 is 5.32 Å². The Bertz CT molecular complexity index is 531. The molecule has 0 fully saturated rings. The van der Waals surface area contributed by atoms with E-state index in [1.54, 1.807) is 18.2 Å². The normalized spacial score (nSPS) is 11.6. The van der Waals surface area contributed by atoms with Crippen LogP contribution in [0, 0.1) is 0 Å². The van der Waals surface area contributed by atoms with E-state index in [1.165, 1.54) is 7.05 Å². The lowest BCUT2D eigenvalue weighted by Crippen LogP contribution is -2.37. The second kappa shape index (κ2) is 6.17. The van der Waals surface area contributed by atoms with E-state index in [1.807, 2.05) is 6.07 Å². The highest BCUT2D eigenvalue weighted by Gasteiger charge is 2.14. The first-order valence-electron chi connectivity index (χ1n) is 5.21. The summed E-state index contributed by atoms with van der Waals surface area (Å²) in [4.78, 5) is 11.5. The molecule has 0 saturated carbocycles. The fourth-order valence-electron chi connectivity index (χ4n) is 1.22. The lowest BCUT2D eigenvalue weighted by molar-refractivity contribution is -0.121. The van der Waals surface area contributed by atoms with Gasteiger partial charge in [0.15, 0.2) is 0 Å². The summed E-state index contributed by atoms with van der Waals surface area (Å²) in [6.07, 6.45) is 1.05. The molecule has 7 heteroatoms. The first-order valence-corrected chi connectivity index (χ1v) is 7.44. The van der Waals surface area contributed by atoms with E-state index >= 15 is 0 Å². The molecule has 0 aliphatic heterocycles. The number of nitrogens with one attached hydrogen (secondary N) is 1. The van der Waals surface area contributed by atoms with Crippen molar-refractivity contribution < 1.29 is 13.2 Å². The number of halogens is 1. The summed E-state index contributed by atoms with van der Waals surface area (Å²) in [6, 6.07) is 7.09. The number of carbonyl (C=O) groups excluding carboxylic acids is 1. The standard InChI is InChI=1S/C11H15ClN2O3S/c1-14(18(2,16)17)8-11(15)13-7-9-4-3-5-10(12)6-9/h3-6H,7-8H2,1-2H3,(H,13,15). The Morgan fingerprint density at radius 1 is 1.44 bits per heavy atom. The summed E-state index contributed by atoms with van der Waals surface area (Å²) in [6.45, 7) is 0.121. The number of rotatable bonds is 5. The van der Waals surface area contributed by atoms with E-state index in [-0.39, 0.29) is 12.5 Å². The van der Waals surface area contributed by atoms with Crippen LogP contribution in [0.4, 0.5) is 0 Å². The van der Waals surface area contributed by atoms with Gasteiger partial charge in [0.25, 0.3) is 0 Å². The van der Waals surface area contributed by atoms with Gasteiger partial charge in [-0.2, -0.15) is 4.31 Å². The van der Waals surface area contributed by atoms with Gasteiger partial charge in [-0.1, -0.05) is 23.7 Å². The molecule has 1 amide bonds. The van der Waals surface area contributed by atoms with E-state index in [2.05, 4.69) is 5.32 Å². The Hall–Kier alpha value is -1.11. The predicted octanol–water partition coefficient (Wildman–Crippen LogP) is 0.848. The minimum Gasteiger partial charge on any atom is -0.351 e. The number of hydrogen-bond acceptors (Lipinski definition) is 3. The number of amides is 1. The van der Waals surface area contributed by atoms with Crippen LogP contribution in [0.15, 0.2) is 24.3 Å². The highest BCUT2D eigenvalue weighted by molar-refractivity contribution is 7.88. The molecule has 0 spiro atoms. The van der Waals surface area contributed by atoms with Crippen LogP contribution in [-0.2, 0) is 21.4 Å². The highest BCUT2D eigenvalue weighted by Crippen LogP contribution is 2.10.